The quantitative estimate of drug-likeness (QED) is 0.518. The van der Waals surface area contributed by atoms with Crippen LogP contribution in [-0.4, -0.2) is 35.3 Å². The standard InChI is InChI=1S/C21H20N4O4/c1-4-13-14-9-12(20-24-25-21(29-20)19(22)26)5-7-15(14)23-18(13)11-6-8-16(27-2)17(10-11)28-3/h5-10,23H,4H2,1-3H3,(H2,22,26). The molecule has 0 aliphatic carbocycles. The number of aryl methyl sites for hydroxylation is 1. The van der Waals surface area contributed by atoms with Crippen molar-refractivity contribution in [2.24, 2.45) is 5.73 Å². The summed E-state index contributed by atoms with van der Waals surface area (Å²) < 4.78 is 16.1. The maximum atomic E-state index is 11.2. The molecule has 0 aliphatic heterocycles. The summed E-state index contributed by atoms with van der Waals surface area (Å²) in [6, 6.07) is 11.6. The van der Waals surface area contributed by atoms with Gasteiger partial charge in [0.05, 0.1) is 14.2 Å². The number of hydrogen-bond acceptors (Lipinski definition) is 6. The minimum absolute atomic E-state index is 0.212. The van der Waals surface area contributed by atoms with E-state index < -0.39 is 5.91 Å². The Morgan fingerprint density at radius 2 is 1.83 bits per heavy atom. The normalized spacial score (nSPS) is 11.0. The number of methoxy groups -OCH3 is 2. The number of amides is 1. The highest BCUT2D eigenvalue weighted by atomic mass is 16.5. The first-order valence-corrected chi connectivity index (χ1v) is 9.06. The third-order valence-electron chi connectivity index (χ3n) is 4.81. The van der Waals surface area contributed by atoms with Crippen molar-refractivity contribution in [2.75, 3.05) is 14.2 Å². The number of H-pyrrole nitrogens is 1. The number of aromatic amines is 1. The van der Waals surface area contributed by atoms with Crippen LogP contribution in [-0.2, 0) is 6.42 Å². The van der Waals surface area contributed by atoms with Gasteiger partial charge in [-0.05, 0) is 48.4 Å². The first-order chi connectivity index (χ1) is 14.0. The van der Waals surface area contributed by atoms with Crippen LogP contribution >= 0.6 is 0 Å². The molecule has 1 amide bonds. The Bertz CT molecular complexity index is 1210. The van der Waals surface area contributed by atoms with E-state index in [9.17, 15) is 4.79 Å². The highest BCUT2D eigenvalue weighted by Crippen LogP contribution is 2.37. The molecular weight excluding hydrogens is 372 g/mol. The van der Waals surface area contributed by atoms with Gasteiger partial charge in [0.25, 0.3) is 0 Å². The molecule has 29 heavy (non-hydrogen) atoms. The van der Waals surface area contributed by atoms with Crippen molar-refractivity contribution in [3.05, 3.63) is 47.9 Å². The van der Waals surface area contributed by atoms with Gasteiger partial charge in [-0.15, -0.1) is 10.2 Å². The van der Waals surface area contributed by atoms with Crippen LogP contribution in [0.15, 0.2) is 40.8 Å². The van der Waals surface area contributed by atoms with E-state index in [4.69, 9.17) is 19.6 Å². The van der Waals surface area contributed by atoms with Crippen LogP contribution in [0.2, 0.25) is 0 Å². The van der Waals surface area contributed by atoms with Gasteiger partial charge in [-0.1, -0.05) is 6.92 Å². The number of hydrogen-bond donors (Lipinski definition) is 2. The molecule has 2 aromatic carbocycles. The fraction of sp³-hybridized carbons (Fsp3) is 0.190. The van der Waals surface area contributed by atoms with Crippen LogP contribution < -0.4 is 15.2 Å². The van der Waals surface area contributed by atoms with Crippen LogP contribution in [0, 0.1) is 0 Å². The summed E-state index contributed by atoms with van der Waals surface area (Å²) in [5.41, 5.74) is 10.0. The van der Waals surface area contributed by atoms with Crippen LogP contribution in [0.25, 0.3) is 33.6 Å². The van der Waals surface area contributed by atoms with Crippen molar-refractivity contribution in [3.8, 4) is 34.2 Å². The molecule has 8 nitrogen and oxygen atoms in total. The van der Waals surface area contributed by atoms with Crippen LogP contribution in [0.1, 0.15) is 23.2 Å². The minimum Gasteiger partial charge on any atom is -0.493 e. The Balaban J connectivity index is 1.83. The van der Waals surface area contributed by atoms with Crippen molar-refractivity contribution in [1.82, 2.24) is 15.2 Å². The van der Waals surface area contributed by atoms with Crippen LogP contribution in [0.4, 0.5) is 0 Å². The van der Waals surface area contributed by atoms with Gasteiger partial charge in [0.15, 0.2) is 11.5 Å². The fourth-order valence-corrected chi connectivity index (χ4v) is 3.43. The number of fused-ring (bicyclic) bond motifs is 1. The molecule has 0 aliphatic rings. The third kappa shape index (κ3) is 3.18. The van der Waals surface area contributed by atoms with Gasteiger partial charge in [0.1, 0.15) is 0 Å². The van der Waals surface area contributed by atoms with Gasteiger partial charge in [0, 0.05) is 27.7 Å². The molecule has 2 heterocycles. The molecule has 0 spiro atoms. The molecule has 0 saturated carbocycles. The van der Waals surface area contributed by atoms with E-state index in [-0.39, 0.29) is 11.8 Å². The molecule has 0 unspecified atom stereocenters. The van der Waals surface area contributed by atoms with Crippen molar-refractivity contribution in [1.29, 1.82) is 0 Å². The maximum Gasteiger partial charge on any atom is 0.306 e. The second-order valence-electron chi connectivity index (χ2n) is 6.44. The van der Waals surface area contributed by atoms with Gasteiger partial charge in [-0.2, -0.15) is 0 Å². The van der Waals surface area contributed by atoms with E-state index in [0.29, 0.717) is 17.1 Å². The lowest BCUT2D eigenvalue weighted by atomic mass is 10.0. The van der Waals surface area contributed by atoms with E-state index in [2.05, 4.69) is 22.1 Å². The zero-order valence-corrected chi connectivity index (χ0v) is 16.3. The monoisotopic (exact) mass is 392 g/mol. The lowest BCUT2D eigenvalue weighted by Crippen LogP contribution is -2.10. The second kappa shape index (κ2) is 7.31. The Morgan fingerprint density at radius 1 is 1.07 bits per heavy atom. The van der Waals surface area contributed by atoms with Crippen molar-refractivity contribution in [3.63, 3.8) is 0 Å². The summed E-state index contributed by atoms with van der Waals surface area (Å²) in [7, 11) is 3.23. The topological polar surface area (TPSA) is 116 Å². The van der Waals surface area contributed by atoms with Crippen molar-refractivity contribution in [2.45, 2.75) is 13.3 Å². The number of nitrogens with one attached hydrogen (secondary N) is 1. The van der Waals surface area contributed by atoms with E-state index in [1.54, 1.807) is 14.2 Å². The number of nitrogens with two attached hydrogens (primary N) is 1. The largest absolute Gasteiger partial charge is 0.493 e. The summed E-state index contributed by atoms with van der Waals surface area (Å²) in [6.07, 6.45) is 0.809. The summed E-state index contributed by atoms with van der Waals surface area (Å²) in [4.78, 5) is 14.7. The number of carbonyl (C=O) groups is 1. The van der Waals surface area contributed by atoms with Crippen molar-refractivity contribution >= 4 is 16.8 Å². The molecule has 2 aromatic heterocycles. The van der Waals surface area contributed by atoms with E-state index in [1.165, 1.54) is 0 Å². The Kier molecular flexibility index (Phi) is 4.67. The number of benzene rings is 2. The smallest absolute Gasteiger partial charge is 0.306 e. The van der Waals surface area contributed by atoms with Crippen molar-refractivity contribution < 1.29 is 18.7 Å². The first-order valence-electron chi connectivity index (χ1n) is 9.06. The molecule has 0 atom stereocenters. The minimum atomic E-state index is -0.753. The molecule has 0 bridgehead atoms. The molecule has 148 valence electrons. The molecule has 0 radical (unpaired) electrons. The molecular formula is C21H20N4O4. The predicted molar refractivity (Wildman–Crippen MR) is 108 cm³/mol. The Morgan fingerprint density at radius 3 is 2.48 bits per heavy atom. The zero-order chi connectivity index (χ0) is 20.5. The summed E-state index contributed by atoms with van der Waals surface area (Å²) in [6.45, 7) is 2.09. The zero-order valence-electron chi connectivity index (χ0n) is 16.3. The average Bonchev–Trinajstić information content (AvgIpc) is 3.37. The third-order valence-corrected chi connectivity index (χ3v) is 4.81. The molecule has 4 rings (SSSR count). The van der Waals surface area contributed by atoms with Gasteiger partial charge < -0.3 is 24.6 Å². The molecule has 3 N–H and O–H groups in total. The Hall–Kier alpha value is -3.81. The number of carbonyl (C=O) groups excluding carboxylic acids is 1. The van der Waals surface area contributed by atoms with E-state index >= 15 is 0 Å². The summed E-state index contributed by atoms with van der Waals surface area (Å²) in [5, 5.41) is 8.63. The predicted octanol–water partition coefficient (Wildman–Crippen LogP) is 3.56. The number of aromatic nitrogens is 3. The fourth-order valence-electron chi connectivity index (χ4n) is 3.43. The summed E-state index contributed by atoms with van der Waals surface area (Å²) in [5.74, 6) is 0.620. The highest BCUT2D eigenvalue weighted by molar-refractivity contribution is 5.93. The van der Waals surface area contributed by atoms with Gasteiger partial charge in [0.2, 0.25) is 5.89 Å². The lowest BCUT2D eigenvalue weighted by Gasteiger charge is -2.10. The average molecular weight is 392 g/mol. The van der Waals surface area contributed by atoms with Crippen LogP contribution in [0.5, 0.6) is 11.5 Å². The van der Waals surface area contributed by atoms with Gasteiger partial charge in [-0.25, -0.2) is 0 Å². The summed E-state index contributed by atoms with van der Waals surface area (Å²) >= 11 is 0. The SMILES string of the molecule is CCc1c(-c2ccc(OC)c(OC)c2)[nH]c2ccc(-c3nnc(C(N)=O)o3)cc12. The first kappa shape index (κ1) is 18.5. The highest BCUT2D eigenvalue weighted by Gasteiger charge is 2.17. The molecule has 0 fully saturated rings. The van der Waals surface area contributed by atoms with E-state index in [1.807, 2.05) is 36.4 Å². The van der Waals surface area contributed by atoms with E-state index in [0.717, 1.165) is 34.1 Å². The van der Waals surface area contributed by atoms with Gasteiger partial charge in [-0.3, -0.25) is 4.79 Å². The Labute approximate surface area is 166 Å². The second-order valence-corrected chi connectivity index (χ2v) is 6.44. The number of primary amides is 1. The number of ether oxygens (including phenoxy) is 2. The molecule has 8 heteroatoms. The number of nitrogens with zero attached hydrogens (tertiary/aromatic N) is 2. The lowest BCUT2D eigenvalue weighted by molar-refractivity contribution is 0.0968. The molecule has 4 aromatic rings. The van der Waals surface area contributed by atoms with Crippen LogP contribution in [0.3, 0.4) is 0 Å². The molecule has 0 saturated heterocycles. The van der Waals surface area contributed by atoms with Gasteiger partial charge >= 0.3 is 11.8 Å². The number of rotatable bonds is 6. The maximum absolute atomic E-state index is 11.2.